The van der Waals surface area contributed by atoms with Gasteiger partial charge < -0.3 is 4.74 Å². The number of ether oxygens (including phenoxy) is 1. The lowest BCUT2D eigenvalue weighted by molar-refractivity contribution is -0.121. The fraction of sp³-hybridized carbons (Fsp3) is 0.167. The number of para-hydroxylation sites is 1. The Morgan fingerprint density at radius 1 is 1.35 bits per heavy atom. The van der Waals surface area contributed by atoms with Crippen molar-refractivity contribution >= 4 is 29.0 Å². The highest BCUT2D eigenvalue weighted by Gasteiger charge is 2.10. The summed E-state index contributed by atoms with van der Waals surface area (Å²) in [5.41, 5.74) is 0.749. The third-order valence-corrected chi connectivity index (χ3v) is 2.39. The predicted molar refractivity (Wildman–Crippen MR) is 66.0 cm³/mol. The van der Waals surface area contributed by atoms with Gasteiger partial charge in [0.1, 0.15) is 5.75 Å². The molecule has 90 valence electrons. The Balaban J connectivity index is 2.84. The molecule has 1 rings (SSSR count). The summed E-state index contributed by atoms with van der Waals surface area (Å²) in [6.07, 6.45) is 2.83. The molecule has 0 aliphatic carbocycles. The standard InChI is InChI=1S/C12H12ClNO3/c1-14(12(13)16)11(15)8-7-9-5-3-4-6-10(9)17-2/h3-8H,1-2H3/b8-7+. The summed E-state index contributed by atoms with van der Waals surface area (Å²) in [6.45, 7) is 0. The van der Waals surface area contributed by atoms with Crippen LogP contribution in [0.4, 0.5) is 4.79 Å². The van der Waals surface area contributed by atoms with Crippen LogP contribution in [0, 0.1) is 0 Å². The zero-order valence-electron chi connectivity index (χ0n) is 9.51. The van der Waals surface area contributed by atoms with Gasteiger partial charge in [-0.05, 0) is 23.7 Å². The summed E-state index contributed by atoms with van der Waals surface area (Å²) >= 11 is 5.17. The number of rotatable bonds is 3. The fourth-order valence-corrected chi connectivity index (χ4v) is 1.25. The first-order valence-corrected chi connectivity index (χ1v) is 5.22. The van der Waals surface area contributed by atoms with E-state index >= 15 is 0 Å². The smallest absolute Gasteiger partial charge is 0.323 e. The second-order valence-electron chi connectivity index (χ2n) is 3.23. The van der Waals surface area contributed by atoms with E-state index in [1.165, 1.54) is 13.1 Å². The fourth-order valence-electron chi connectivity index (χ4n) is 1.16. The quantitative estimate of drug-likeness (QED) is 0.472. The van der Waals surface area contributed by atoms with E-state index in [2.05, 4.69) is 0 Å². The normalized spacial score (nSPS) is 10.3. The molecule has 0 aliphatic heterocycles. The summed E-state index contributed by atoms with van der Waals surface area (Å²) in [6, 6.07) is 7.22. The molecule has 2 amide bonds. The van der Waals surface area contributed by atoms with Crippen molar-refractivity contribution in [1.29, 1.82) is 0 Å². The molecule has 0 aliphatic rings. The maximum absolute atomic E-state index is 11.5. The molecular formula is C12H12ClNO3. The molecule has 0 unspecified atom stereocenters. The number of benzene rings is 1. The lowest BCUT2D eigenvalue weighted by Gasteiger charge is -2.07. The summed E-state index contributed by atoms with van der Waals surface area (Å²) in [4.78, 5) is 23.0. The number of likely N-dealkylation sites (N-methyl/N-ethyl adjacent to an activating group) is 1. The highest BCUT2D eigenvalue weighted by molar-refractivity contribution is 6.64. The van der Waals surface area contributed by atoms with Crippen molar-refractivity contribution < 1.29 is 14.3 Å². The third-order valence-electron chi connectivity index (χ3n) is 2.14. The van der Waals surface area contributed by atoms with Crippen molar-refractivity contribution in [2.45, 2.75) is 0 Å². The zero-order valence-corrected chi connectivity index (χ0v) is 10.3. The van der Waals surface area contributed by atoms with Gasteiger partial charge in [-0.25, -0.2) is 0 Å². The van der Waals surface area contributed by atoms with E-state index in [0.29, 0.717) is 5.75 Å². The number of carbonyl (C=O) groups excluding carboxylic acids is 2. The first-order valence-electron chi connectivity index (χ1n) is 4.84. The second-order valence-corrected chi connectivity index (χ2v) is 3.55. The van der Waals surface area contributed by atoms with Gasteiger partial charge in [-0.2, -0.15) is 0 Å². The first-order chi connectivity index (χ1) is 8.06. The first kappa shape index (κ1) is 13.3. The van der Waals surface area contributed by atoms with Crippen LogP contribution in [0.15, 0.2) is 30.3 Å². The lowest BCUT2D eigenvalue weighted by atomic mass is 10.2. The van der Waals surface area contributed by atoms with Crippen molar-refractivity contribution in [3.63, 3.8) is 0 Å². The van der Waals surface area contributed by atoms with Gasteiger partial charge in [-0.1, -0.05) is 18.2 Å². The molecule has 0 saturated heterocycles. The number of amides is 2. The van der Waals surface area contributed by atoms with Crippen LogP contribution in [-0.2, 0) is 4.79 Å². The number of carbonyl (C=O) groups is 2. The number of halogens is 1. The molecule has 0 bridgehead atoms. The van der Waals surface area contributed by atoms with E-state index in [4.69, 9.17) is 16.3 Å². The van der Waals surface area contributed by atoms with Gasteiger partial charge in [0, 0.05) is 18.7 Å². The number of methoxy groups -OCH3 is 1. The summed E-state index contributed by atoms with van der Waals surface area (Å²) < 4.78 is 5.12. The van der Waals surface area contributed by atoms with E-state index in [1.54, 1.807) is 25.3 Å². The number of hydrogen-bond acceptors (Lipinski definition) is 3. The van der Waals surface area contributed by atoms with Crippen LogP contribution in [0.25, 0.3) is 6.08 Å². The van der Waals surface area contributed by atoms with Crippen molar-refractivity contribution in [1.82, 2.24) is 4.90 Å². The van der Waals surface area contributed by atoms with Gasteiger partial charge in [-0.3, -0.25) is 14.5 Å². The minimum Gasteiger partial charge on any atom is -0.496 e. The van der Waals surface area contributed by atoms with Gasteiger partial charge in [0.2, 0.25) is 0 Å². The van der Waals surface area contributed by atoms with Crippen LogP contribution in [0.5, 0.6) is 5.75 Å². The molecule has 0 spiro atoms. The minimum atomic E-state index is -0.820. The zero-order chi connectivity index (χ0) is 12.8. The minimum absolute atomic E-state index is 0.490. The third kappa shape index (κ3) is 3.60. The molecule has 4 nitrogen and oxygen atoms in total. The highest BCUT2D eigenvalue weighted by atomic mass is 35.5. The molecule has 0 fully saturated rings. The van der Waals surface area contributed by atoms with Crippen LogP contribution >= 0.6 is 11.6 Å². The van der Waals surface area contributed by atoms with Gasteiger partial charge in [0.25, 0.3) is 5.91 Å². The molecule has 0 heterocycles. The molecule has 0 saturated carbocycles. The van der Waals surface area contributed by atoms with Crippen LogP contribution in [-0.4, -0.2) is 30.3 Å². The second kappa shape index (κ2) is 6.06. The van der Waals surface area contributed by atoms with Crippen molar-refractivity contribution in [2.24, 2.45) is 0 Å². The molecule has 0 atom stereocenters. The summed E-state index contributed by atoms with van der Waals surface area (Å²) in [5.74, 6) is 0.160. The summed E-state index contributed by atoms with van der Waals surface area (Å²) in [5, 5.41) is -0.820. The monoisotopic (exact) mass is 253 g/mol. The summed E-state index contributed by atoms with van der Waals surface area (Å²) in [7, 11) is 2.85. The van der Waals surface area contributed by atoms with E-state index in [9.17, 15) is 9.59 Å². The topological polar surface area (TPSA) is 46.6 Å². The Morgan fingerprint density at radius 2 is 2.00 bits per heavy atom. The Kier molecular flexibility index (Phi) is 4.72. The van der Waals surface area contributed by atoms with Gasteiger partial charge in [0.05, 0.1) is 7.11 Å². The average molecular weight is 254 g/mol. The van der Waals surface area contributed by atoms with Crippen LogP contribution < -0.4 is 4.74 Å². The van der Waals surface area contributed by atoms with Gasteiger partial charge >= 0.3 is 5.37 Å². The lowest BCUT2D eigenvalue weighted by Crippen LogP contribution is -2.26. The molecule has 0 N–H and O–H groups in total. The van der Waals surface area contributed by atoms with Gasteiger partial charge in [0.15, 0.2) is 0 Å². The molecule has 5 heteroatoms. The molecular weight excluding hydrogens is 242 g/mol. The van der Waals surface area contributed by atoms with E-state index < -0.39 is 11.3 Å². The van der Waals surface area contributed by atoms with Crippen LogP contribution in [0.2, 0.25) is 0 Å². The molecule has 17 heavy (non-hydrogen) atoms. The van der Waals surface area contributed by atoms with Crippen molar-refractivity contribution in [2.75, 3.05) is 14.2 Å². The number of imide groups is 1. The van der Waals surface area contributed by atoms with E-state index in [-0.39, 0.29) is 0 Å². The Labute approximate surface area is 104 Å². The predicted octanol–water partition coefficient (Wildman–Crippen LogP) is 2.53. The van der Waals surface area contributed by atoms with E-state index in [1.807, 2.05) is 12.1 Å². The van der Waals surface area contributed by atoms with Crippen molar-refractivity contribution in [3.05, 3.63) is 35.9 Å². The van der Waals surface area contributed by atoms with Gasteiger partial charge in [-0.15, -0.1) is 0 Å². The molecule has 1 aromatic carbocycles. The average Bonchev–Trinajstić information content (AvgIpc) is 2.35. The molecule has 0 radical (unpaired) electrons. The van der Waals surface area contributed by atoms with Crippen LogP contribution in [0.1, 0.15) is 5.56 Å². The Hall–Kier alpha value is -1.81. The van der Waals surface area contributed by atoms with Crippen LogP contribution in [0.3, 0.4) is 0 Å². The molecule has 1 aromatic rings. The largest absolute Gasteiger partial charge is 0.496 e. The van der Waals surface area contributed by atoms with E-state index in [0.717, 1.165) is 10.5 Å². The maximum atomic E-state index is 11.5. The highest BCUT2D eigenvalue weighted by Crippen LogP contribution is 2.18. The Bertz CT molecular complexity index is 457. The van der Waals surface area contributed by atoms with Crippen molar-refractivity contribution in [3.8, 4) is 5.75 Å². The Morgan fingerprint density at radius 3 is 2.59 bits per heavy atom. The SMILES string of the molecule is COc1ccccc1/C=C/C(=O)N(C)C(=O)Cl. The maximum Gasteiger partial charge on any atom is 0.323 e. The number of nitrogens with zero attached hydrogens (tertiary/aromatic N) is 1. The molecule has 0 aromatic heterocycles. The number of hydrogen-bond donors (Lipinski definition) is 0.